The summed E-state index contributed by atoms with van der Waals surface area (Å²) < 4.78 is 7.42. The highest BCUT2D eigenvalue weighted by molar-refractivity contribution is 7.99. The Balaban J connectivity index is 1.97. The molecule has 0 spiro atoms. The number of nitrogens with zero attached hydrogens (tertiary/aromatic N) is 3. The minimum absolute atomic E-state index is 0.0962. The molecule has 0 N–H and O–H groups in total. The molecular weight excluding hydrogens is 426 g/mol. The fourth-order valence-electron chi connectivity index (χ4n) is 2.64. The Kier molecular flexibility index (Phi) is 6.19. The standard InChI is InChI=1S/C21H20ClN3O4S/c1-13-18(30-17-11-7-15(22)8-12-17)19(24(23-13)21(2,3)4)29-20(26)14-5-9-16(10-6-14)25(27)28/h5-12H,1-4H3. The summed E-state index contributed by atoms with van der Waals surface area (Å²) in [5, 5.41) is 16.1. The van der Waals surface area contributed by atoms with Gasteiger partial charge in [0, 0.05) is 22.1 Å². The molecule has 9 heteroatoms. The highest BCUT2D eigenvalue weighted by atomic mass is 35.5. The van der Waals surface area contributed by atoms with Gasteiger partial charge >= 0.3 is 5.97 Å². The maximum atomic E-state index is 12.8. The molecule has 30 heavy (non-hydrogen) atoms. The lowest BCUT2D eigenvalue weighted by atomic mass is 10.1. The van der Waals surface area contributed by atoms with Crippen LogP contribution < -0.4 is 4.74 Å². The number of carbonyl (C=O) groups excluding carboxylic acids is 1. The van der Waals surface area contributed by atoms with Crippen molar-refractivity contribution in [2.24, 2.45) is 0 Å². The predicted molar refractivity (Wildman–Crippen MR) is 116 cm³/mol. The summed E-state index contributed by atoms with van der Waals surface area (Å²) in [6, 6.07) is 12.6. The molecule has 0 fully saturated rings. The highest BCUT2D eigenvalue weighted by Crippen LogP contribution is 2.40. The maximum absolute atomic E-state index is 12.8. The number of ether oxygens (including phenoxy) is 1. The van der Waals surface area contributed by atoms with Crippen LogP contribution in [0.15, 0.2) is 58.3 Å². The van der Waals surface area contributed by atoms with Crippen LogP contribution >= 0.6 is 23.4 Å². The molecular formula is C21H20ClN3O4S. The van der Waals surface area contributed by atoms with E-state index in [2.05, 4.69) is 5.10 Å². The first kappa shape index (κ1) is 21.9. The van der Waals surface area contributed by atoms with Crippen LogP contribution in [-0.4, -0.2) is 20.7 Å². The van der Waals surface area contributed by atoms with Crippen molar-refractivity contribution in [1.82, 2.24) is 9.78 Å². The van der Waals surface area contributed by atoms with Crippen molar-refractivity contribution in [3.05, 3.63) is 74.9 Å². The van der Waals surface area contributed by atoms with Gasteiger partial charge in [0.1, 0.15) is 0 Å². The summed E-state index contributed by atoms with van der Waals surface area (Å²) >= 11 is 7.39. The molecule has 3 rings (SSSR count). The van der Waals surface area contributed by atoms with Crippen LogP contribution in [-0.2, 0) is 5.54 Å². The first-order valence-electron chi connectivity index (χ1n) is 9.06. The third-order valence-corrected chi connectivity index (χ3v) is 5.57. The predicted octanol–water partition coefficient (Wildman–Crippen LogP) is 5.88. The number of aryl methyl sites for hydroxylation is 1. The zero-order chi connectivity index (χ0) is 22.1. The van der Waals surface area contributed by atoms with Crippen molar-refractivity contribution >= 4 is 35.0 Å². The van der Waals surface area contributed by atoms with Crippen molar-refractivity contribution in [1.29, 1.82) is 0 Å². The highest BCUT2D eigenvalue weighted by Gasteiger charge is 2.28. The van der Waals surface area contributed by atoms with Crippen molar-refractivity contribution < 1.29 is 14.5 Å². The molecule has 0 unspecified atom stereocenters. The average molecular weight is 446 g/mol. The lowest BCUT2D eigenvalue weighted by Crippen LogP contribution is -2.25. The van der Waals surface area contributed by atoms with Crippen LogP contribution in [0.4, 0.5) is 5.69 Å². The molecule has 0 aliphatic carbocycles. The first-order valence-corrected chi connectivity index (χ1v) is 10.3. The number of nitro benzene ring substituents is 1. The minimum atomic E-state index is -0.617. The Labute approximate surface area is 183 Å². The van der Waals surface area contributed by atoms with Crippen LogP contribution in [0, 0.1) is 17.0 Å². The van der Waals surface area contributed by atoms with Gasteiger partial charge in [-0.25, -0.2) is 9.48 Å². The maximum Gasteiger partial charge on any atom is 0.344 e. The number of nitro groups is 1. The molecule has 0 saturated heterocycles. The Morgan fingerprint density at radius 1 is 1.13 bits per heavy atom. The largest absolute Gasteiger partial charge is 0.403 e. The number of carbonyl (C=O) groups is 1. The van der Waals surface area contributed by atoms with Crippen LogP contribution in [0.3, 0.4) is 0 Å². The fraction of sp³-hybridized carbons (Fsp3) is 0.238. The number of hydrogen-bond acceptors (Lipinski definition) is 6. The molecule has 1 aromatic heterocycles. The number of hydrogen-bond donors (Lipinski definition) is 0. The second kappa shape index (κ2) is 8.49. The van der Waals surface area contributed by atoms with Gasteiger partial charge in [-0.1, -0.05) is 23.4 Å². The van der Waals surface area contributed by atoms with E-state index in [0.717, 1.165) is 10.6 Å². The second-order valence-electron chi connectivity index (χ2n) is 7.55. The van der Waals surface area contributed by atoms with Gasteiger partial charge in [-0.3, -0.25) is 10.1 Å². The lowest BCUT2D eigenvalue weighted by molar-refractivity contribution is -0.384. The number of esters is 1. The van der Waals surface area contributed by atoms with E-state index in [-0.39, 0.29) is 11.3 Å². The van der Waals surface area contributed by atoms with E-state index >= 15 is 0 Å². The van der Waals surface area contributed by atoms with Crippen LogP contribution in [0.5, 0.6) is 5.88 Å². The molecule has 3 aromatic rings. The zero-order valence-electron chi connectivity index (χ0n) is 16.9. The van der Waals surface area contributed by atoms with Crippen LogP contribution in [0.25, 0.3) is 0 Å². The minimum Gasteiger partial charge on any atom is -0.403 e. The molecule has 0 aliphatic heterocycles. The van der Waals surface area contributed by atoms with Crippen molar-refractivity contribution in [3.8, 4) is 5.88 Å². The van der Waals surface area contributed by atoms with Gasteiger partial charge in [-0.15, -0.1) is 0 Å². The summed E-state index contributed by atoms with van der Waals surface area (Å²) in [6.45, 7) is 7.72. The average Bonchev–Trinajstić information content (AvgIpc) is 2.99. The Hall–Kier alpha value is -2.84. The number of halogens is 1. The summed E-state index contributed by atoms with van der Waals surface area (Å²) in [7, 11) is 0. The van der Waals surface area contributed by atoms with Crippen LogP contribution in [0.2, 0.25) is 5.02 Å². The Morgan fingerprint density at radius 3 is 2.27 bits per heavy atom. The summed E-state index contributed by atoms with van der Waals surface area (Å²) in [5.74, 6) is -0.295. The van der Waals surface area contributed by atoms with E-state index < -0.39 is 16.4 Å². The van der Waals surface area contributed by atoms with Crippen LogP contribution in [0.1, 0.15) is 36.8 Å². The molecule has 156 valence electrons. The summed E-state index contributed by atoms with van der Waals surface area (Å²) in [5.41, 5.74) is 0.397. The van der Waals surface area contributed by atoms with Gasteiger partial charge in [0.05, 0.1) is 26.6 Å². The van der Waals surface area contributed by atoms with Gasteiger partial charge in [-0.2, -0.15) is 5.10 Å². The third-order valence-electron chi connectivity index (χ3n) is 4.14. The molecule has 7 nitrogen and oxygen atoms in total. The van der Waals surface area contributed by atoms with E-state index in [9.17, 15) is 14.9 Å². The van der Waals surface area contributed by atoms with Gasteiger partial charge < -0.3 is 4.74 Å². The molecule has 0 atom stereocenters. The van der Waals surface area contributed by atoms with Gasteiger partial charge in [0.2, 0.25) is 5.88 Å². The number of benzene rings is 2. The smallest absolute Gasteiger partial charge is 0.344 e. The molecule has 1 heterocycles. The molecule has 2 aromatic carbocycles. The van der Waals surface area contributed by atoms with E-state index in [1.165, 1.54) is 36.0 Å². The SMILES string of the molecule is Cc1nn(C(C)(C)C)c(OC(=O)c2ccc([N+](=O)[O-])cc2)c1Sc1ccc(Cl)cc1. The van der Waals surface area contributed by atoms with E-state index in [1.807, 2.05) is 39.8 Å². The summed E-state index contributed by atoms with van der Waals surface area (Å²) in [6.07, 6.45) is 0. The first-order chi connectivity index (χ1) is 14.1. The molecule has 0 saturated carbocycles. The van der Waals surface area contributed by atoms with Gasteiger partial charge in [0.15, 0.2) is 0 Å². The van der Waals surface area contributed by atoms with E-state index in [4.69, 9.17) is 16.3 Å². The second-order valence-corrected chi connectivity index (χ2v) is 9.07. The van der Waals surface area contributed by atoms with E-state index in [0.29, 0.717) is 15.8 Å². The van der Waals surface area contributed by atoms with Crippen molar-refractivity contribution in [3.63, 3.8) is 0 Å². The molecule has 0 bridgehead atoms. The summed E-state index contributed by atoms with van der Waals surface area (Å²) in [4.78, 5) is 24.7. The topological polar surface area (TPSA) is 87.3 Å². The number of aromatic nitrogens is 2. The van der Waals surface area contributed by atoms with Gasteiger partial charge in [0.25, 0.3) is 5.69 Å². The molecule has 0 aliphatic rings. The number of non-ortho nitro benzene ring substituents is 1. The van der Waals surface area contributed by atoms with Crippen molar-refractivity contribution in [2.45, 2.75) is 43.0 Å². The normalized spacial score (nSPS) is 11.4. The van der Waals surface area contributed by atoms with Gasteiger partial charge in [-0.05, 0) is 64.1 Å². The lowest BCUT2D eigenvalue weighted by Gasteiger charge is -2.22. The van der Waals surface area contributed by atoms with E-state index in [1.54, 1.807) is 16.8 Å². The fourth-order valence-corrected chi connectivity index (χ4v) is 3.68. The third kappa shape index (κ3) is 4.83. The zero-order valence-corrected chi connectivity index (χ0v) is 18.5. The molecule has 0 radical (unpaired) electrons. The Bertz CT molecular complexity index is 1090. The monoisotopic (exact) mass is 445 g/mol. The van der Waals surface area contributed by atoms with Crippen molar-refractivity contribution in [2.75, 3.05) is 0 Å². The Morgan fingerprint density at radius 2 is 1.73 bits per heavy atom. The number of rotatable bonds is 5. The molecule has 0 amide bonds. The quantitative estimate of drug-likeness (QED) is 0.277.